The Balaban J connectivity index is 1.74. The second-order valence-electron chi connectivity index (χ2n) is 16.4. The molecule has 1 saturated heterocycles. The maximum absolute atomic E-state index is 12.8. The normalized spacial score (nSPS) is 20.1. The number of ether oxygens (including phenoxy) is 3. The van der Waals surface area contributed by atoms with E-state index in [1.165, 1.54) is 64.2 Å². The number of nitrogens with zero attached hydrogens (tertiary/aromatic N) is 1. The number of esters is 2. The van der Waals surface area contributed by atoms with Crippen LogP contribution in [0.4, 0.5) is 0 Å². The van der Waals surface area contributed by atoms with Gasteiger partial charge in [-0.15, -0.1) is 11.8 Å². The number of phosphoric ester groups is 1. The Hall–Kier alpha value is -2.32. The minimum atomic E-state index is -4.68. The van der Waals surface area contributed by atoms with Crippen LogP contribution in [0, 0.1) is 17.8 Å². The maximum Gasteiger partial charge on any atom is 0.306 e. The van der Waals surface area contributed by atoms with E-state index < -0.39 is 32.5 Å². The number of allylic oxidation sites excluding steroid dienone is 3. The third-order valence-corrected chi connectivity index (χ3v) is 11.0. The van der Waals surface area contributed by atoms with E-state index in [4.69, 9.17) is 23.3 Å². The lowest BCUT2D eigenvalue weighted by molar-refractivity contribution is -0.870. The van der Waals surface area contributed by atoms with Crippen LogP contribution in [0.1, 0.15) is 155 Å². The molecule has 11 nitrogen and oxygen atoms in total. The number of ketones is 1. The number of unbranched alkanes of at least 4 members (excludes halogenated alkanes) is 15. The summed E-state index contributed by atoms with van der Waals surface area (Å²) in [6.07, 6.45) is 25.8. The molecule has 0 aromatic heterocycles. The van der Waals surface area contributed by atoms with Gasteiger partial charge in [0.15, 0.2) is 11.9 Å². The van der Waals surface area contributed by atoms with Gasteiger partial charge in [0, 0.05) is 37.2 Å². The fourth-order valence-electron chi connectivity index (χ4n) is 6.41. The summed E-state index contributed by atoms with van der Waals surface area (Å²) in [4.78, 5) is 50.3. The summed E-state index contributed by atoms with van der Waals surface area (Å²) in [5.74, 6) is 5.38. The van der Waals surface area contributed by atoms with Gasteiger partial charge < -0.3 is 32.6 Å². The Morgan fingerprint density at radius 3 is 2.09 bits per heavy atom. The lowest BCUT2D eigenvalue weighted by atomic mass is 9.96. The molecule has 0 spiro atoms. The molecule has 1 aliphatic heterocycles. The van der Waals surface area contributed by atoms with Gasteiger partial charge in [-0.3, -0.25) is 18.9 Å². The first-order valence-corrected chi connectivity index (χ1v) is 23.1. The fraction of sp³-hybridized carbons (Fsp3) is 0.795. The van der Waals surface area contributed by atoms with Crippen molar-refractivity contribution in [1.82, 2.24) is 0 Å². The van der Waals surface area contributed by atoms with Crippen molar-refractivity contribution >= 4 is 25.5 Å². The molecule has 56 heavy (non-hydrogen) atoms. The average Bonchev–Trinajstić information content (AvgIpc) is 3.80. The molecule has 0 N–H and O–H groups in total. The highest BCUT2D eigenvalue weighted by atomic mass is 31.2. The van der Waals surface area contributed by atoms with E-state index in [0.717, 1.165) is 38.5 Å². The quantitative estimate of drug-likeness (QED) is 0.0120. The van der Waals surface area contributed by atoms with Crippen LogP contribution in [0.25, 0.3) is 0 Å². The third-order valence-electron chi connectivity index (χ3n) is 9.99. The average molecular weight is 808 g/mol. The summed E-state index contributed by atoms with van der Waals surface area (Å²) < 4.78 is 39.7. The number of quaternary nitrogens is 1. The van der Waals surface area contributed by atoms with Crippen molar-refractivity contribution in [2.24, 2.45) is 5.92 Å². The van der Waals surface area contributed by atoms with Crippen LogP contribution < -0.4 is 4.89 Å². The van der Waals surface area contributed by atoms with Crippen LogP contribution in [0.2, 0.25) is 0 Å². The summed E-state index contributed by atoms with van der Waals surface area (Å²) in [5, 5.41) is 0. The number of hydrogen-bond donors (Lipinski definition) is 0. The molecule has 0 radical (unpaired) electrons. The van der Waals surface area contributed by atoms with E-state index in [0.29, 0.717) is 42.3 Å². The molecule has 1 aliphatic carbocycles. The number of phosphoric acid groups is 1. The van der Waals surface area contributed by atoms with Crippen molar-refractivity contribution < 1.29 is 51.6 Å². The second-order valence-corrected chi connectivity index (χ2v) is 17.8. The van der Waals surface area contributed by atoms with Crippen molar-refractivity contribution in [2.45, 2.75) is 173 Å². The molecule has 1 unspecified atom stereocenters. The minimum absolute atomic E-state index is 0.0136. The molecule has 12 heteroatoms. The topological polar surface area (TPSA) is 141 Å². The SMILES string of the molecule is CCCCCC#CC[C@H]1C=CC(=O)/C1=C/[C@H]1O[C@@H]1CCCC(=O)O[C@H](COC(=O)CCCCCCCCCCCCCCC)COP(=O)([O-])OCC[N+](C)(C)C. The van der Waals surface area contributed by atoms with E-state index >= 15 is 0 Å². The summed E-state index contributed by atoms with van der Waals surface area (Å²) >= 11 is 0. The van der Waals surface area contributed by atoms with E-state index in [1.54, 1.807) is 6.08 Å². The second kappa shape index (κ2) is 29.0. The monoisotopic (exact) mass is 808 g/mol. The van der Waals surface area contributed by atoms with Crippen LogP contribution in [-0.2, 0) is 42.2 Å². The number of epoxide rings is 1. The highest BCUT2D eigenvalue weighted by Gasteiger charge is 2.38. The number of hydrogen-bond acceptors (Lipinski definition) is 10. The molecule has 1 heterocycles. The first-order valence-electron chi connectivity index (χ1n) is 21.6. The minimum Gasteiger partial charge on any atom is -0.756 e. The van der Waals surface area contributed by atoms with Gasteiger partial charge in [-0.2, -0.15) is 0 Å². The van der Waals surface area contributed by atoms with E-state index in [9.17, 15) is 23.8 Å². The smallest absolute Gasteiger partial charge is 0.306 e. The van der Waals surface area contributed by atoms with Gasteiger partial charge in [0.1, 0.15) is 25.9 Å². The predicted octanol–water partition coefficient (Wildman–Crippen LogP) is 8.72. The third kappa shape index (κ3) is 25.1. The molecule has 0 saturated carbocycles. The first-order chi connectivity index (χ1) is 26.8. The maximum atomic E-state index is 12.8. The Morgan fingerprint density at radius 1 is 0.839 bits per heavy atom. The van der Waals surface area contributed by atoms with Gasteiger partial charge in [0.05, 0.1) is 33.9 Å². The van der Waals surface area contributed by atoms with Crippen LogP contribution in [-0.4, -0.2) is 88.0 Å². The zero-order chi connectivity index (χ0) is 41.1. The fourth-order valence-corrected chi connectivity index (χ4v) is 7.14. The Kier molecular flexibility index (Phi) is 25.8. The Labute approximate surface area is 338 Å². The molecule has 0 aromatic carbocycles. The largest absolute Gasteiger partial charge is 0.756 e. The number of carbonyl (C=O) groups is 3. The zero-order valence-electron chi connectivity index (χ0n) is 35.4. The van der Waals surface area contributed by atoms with Gasteiger partial charge >= 0.3 is 11.9 Å². The number of likely N-dealkylation sites (N-methyl/N-ethyl adjacent to an activating group) is 1. The van der Waals surface area contributed by atoms with Gasteiger partial charge in [-0.1, -0.05) is 110 Å². The summed E-state index contributed by atoms with van der Waals surface area (Å²) in [6, 6.07) is 0. The molecule has 0 bridgehead atoms. The highest BCUT2D eigenvalue weighted by molar-refractivity contribution is 7.45. The van der Waals surface area contributed by atoms with Gasteiger partial charge in [-0.25, -0.2) is 0 Å². The lowest BCUT2D eigenvalue weighted by Gasteiger charge is -2.28. The van der Waals surface area contributed by atoms with Crippen LogP contribution in [0.15, 0.2) is 23.8 Å². The van der Waals surface area contributed by atoms with Crippen molar-refractivity contribution in [3.05, 3.63) is 23.8 Å². The summed E-state index contributed by atoms with van der Waals surface area (Å²) in [6.45, 7) is 3.92. The lowest BCUT2D eigenvalue weighted by Crippen LogP contribution is -2.37. The molecule has 5 atom stereocenters. The van der Waals surface area contributed by atoms with Gasteiger partial charge in [-0.05, 0) is 37.8 Å². The zero-order valence-corrected chi connectivity index (χ0v) is 36.3. The first kappa shape index (κ1) is 49.8. The Morgan fingerprint density at radius 2 is 1.45 bits per heavy atom. The summed E-state index contributed by atoms with van der Waals surface area (Å²) in [5.41, 5.74) is 0.711. The Bertz CT molecular complexity index is 1310. The van der Waals surface area contributed by atoms with E-state index in [1.807, 2.05) is 33.3 Å². The van der Waals surface area contributed by atoms with Crippen molar-refractivity contribution in [2.75, 3.05) is 47.5 Å². The van der Waals surface area contributed by atoms with Crippen molar-refractivity contribution in [1.29, 1.82) is 0 Å². The summed E-state index contributed by atoms with van der Waals surface area (Å²) in [7, 11) is 1.04. The standard InChI is InChI=1S/C44H74NO10P/c1-6-8-10-12-14-15-16-17-18-19-20-22-24-28-43(47)51-35-38(36-53-56(49,50)52-33-32-45(3,4)5)54-44(48)29-25-27-41-42(55-41)34-39-37(30-31-40(39)46)26-23-21-13-11-9-7-2/h30-31,34,37-38,41-42H,6-20,22,24-29,32-33,35-36H2,1-5H3/b39-34+/t37-,38+,41+,42+/m0/s1. The van der Waals surface area contributed by atoms with Crippen molar-refractivity contribution in [3.8, 4) is 11.8 Å². The van der Waals surface area contributed by atoms with Gasteiger partial charge in [0.25, 0.3) is 7.82 Å². The van der Waals surface area contributed by atoms with Crippen LogP contribution in [0.3, 0.4) is 0 Å². The predicted molar refractivity (Wildman–Crippen MR) is 218 cm³/mol. The van der Waals surface area contributed by atoms with Crippen LogP contribution in [0.5, 0.6) is 0 Å². The van der Waals surface area contributed by atoms with E-state index in [-0.39, 0.29) is 50.0 Å². The van der Waals surface area contributed by atoms with E-state index in [2.05, 4.69) is 25.7 Å². The molecule has 1 fully saturated rings. The number of rotatable bonds is 33. The van der Waals surface area contributed by atoms with Crippen LogP contribution >= 0.6 is 7.82 Å². The highest BCUT2D eigenvalue weighted by Crippen LogP contribution is 2.38. The molecule has 0 amide bonds. The molecule has 2 aliphatic rings. The molecular formula is C44H74NO10P. The number of carbonyl (C=O) groups excluding carboxylic acids is 3. The molecular weight excluding hydrogens is 733 g/mol. The molecule has 320 valence electrons. The molecule has 0 aromatic rings. The molecule has 2 rings (SSSR count). The van der Waals surface area contributed by atoms with Crippen molar-refractivity contribution in [3.63, 3.8) is 0 Å². The van der Waals surface area contributed by atoms with Gasteiger partial charge in [0.2, 0.25) is 0 Å².